The Kier molecular flexibility index (Phi) is 4.43. The standard InChI is InChI=1S/C4F7N3O3S/c5-1(6)2(7)17-3(8,9)4(10,11)18(15,16)14-13-12. The van der Waals surface area contributed by atoms with Gasteiger partial charge in [0.25, 0.3) is 0 Å². The fourth-order valence-corrected chi connectivity index (χ4v) is 1.00. The predicted octanol–water partition coefficient (Wildman–Crippen LogP) is 2.86. The van der Waals surface area contributed by atoms with Crippen molar-refractivity contribution >= 4 is 10.0 Å². The zero-order valence-corrected chi connectivity index (χ0v) is 8.44. The fourth-order valence-electron chi connectivity index (χ4n) is 0.460. The Balaban J connectivity index is 5.61. The minimum absolute atomic E-state index is 1.32. The van der Waals surface area contributed by atoms with Crippen molar-refractivity contribution in [3.8, 4) is 0 Å². The SMILES string of the molecule is [N-]=[N+]=NS(=O)(=O)C(F)(F)C(F)(F)OC(F)=C(F)F. The minimum Gasteiger partial charge on any atom is -0.397 e. The molecule has 0 aliphatic rings. The van der Waals surface area contributed by atoms with Gasteiger partial charge < -0.3 is 4.74 Å². The van der Waals surface area contributed by atoms with Crippen LogP contribution in [0, 0.1) is 0 Å². The number of halogens is 7. The molecular weight excluding hydrogens is 303 g/mol. The molecule has 0 aromatic carbocycles. The van der Waals surface area contributed by atoms with E-state index in [1.54, 1.807) is 0 Å². The molecule has 0 atom stereocenters. The molecule has 0 spiro atoms. The number of nitrogens with zero attached hydrogens (tertiary/aromatic N) is 3. The lowest BCUT2D eigenvalue weighted by Gasteiger charge is -2.22. The molecule has 0 N–H and O–H groups in total. The van der Waals surface area contributed by atoms with Crippen LogP contribution in [0.2, 0.25) is 0 Å². The van der Waals surface area contributed by atoms with Crippen molar-refractivity contribution in [2.24, 2.45) is 4.52 Å². The maximum absolute atomic E-state index is 12.6. The van der Waals surface area contributed by atoms with E-state index in [0.29, 0.717) is 0 Å². The fraction of sp³-hybridized carbons (Fsp3) is 0.500. The second-order valence-corrected chi connectivity index (χ2v) is 3.94. The first-order chi connectivity index (χ1) is 7.89. The van der Waals surface area contributed by atoms with Gasteiger partial charge in [0.15, 0.2) is 0 Å². The van der Waals surface area contributed by atoms with Crippen molar-refractivity contribution in [3.05, 3.63) is 22.5 Å². The normalized spacial score (nSPS) is 12.6. The molecule has 0 aliphatic carbocycles. The van der Waals surface area contributed by atoms with E-state index in [0.717, 1.165) is 0 Å². The predicted molar refractivity (Wildman–Crippen MR) is 39.4 cm³/mol. The highest BCUT2D eigenvalue weighted by atomic mass is 32.2. The zero-order chi connectivity index (χ0) is 14.8. The van der Waals surface area contributed by atoms with Crippen LogP contribution in [0.4, 0.5) is 30.7 Å². The van der Waals surface area contributed by atoms with Gasteiger partial charge >= 0.3 is 33.5 Å². The number of hydrogen-bond acceptors (Lipinski definition) is 3. The van der Waals surface area contributed by atoms with Crippen molar-refractivity contribution in [1.29, 1.82) is 0 Å². The summed E-state index contributed by atoms with van der Waals surface area (Å²) < 4.78 is 109. The smallest absolute Gasteiger partial charge is 0.397 e. The lowest BCUT2D eigenvalue weighted by Crippen LogP contribution is -2.47. The Morgan fingerprint density at radius 2 is 1.61 bits per heavy atom. The maximum atomic E-state index is 12.6. The van der Waals surface area contributed by atoms with Gasteiger partial charge in [-0.05, 0) is 5.53 Å². The molecule has 0 saturated heterocycles. The van der Waals surface area contributed by atoms with Crippen molar-refractivity contribution in [1.82, 2.24) is 0 Å². The van der Waals surface area contributed by atoms with Crippen LogP contribution >= 0.6 is 0 Å². The minimum atomic E-state index is -6.47. The molecular formula is C4F7N3O3S. The third-order valence-electron chi connectivity index (χ3n) is 1.17. The first-order valence-corrected chi connectivity index (χ1v) is 4.79. The number of sulfonamides is 1. The molecule has 18 heavy (non-hydrogen) atoms. The van der Waals surface area contributed by atoms with Crippen LogP contribution < -0.4 is 0 Å². The molecule has 0 rings (SSSR count). The largest absolute Gasteiger partial charge is 0.482 e. The molecule has 104 valence electrons. The van der Waals surface area contributed by atoms with E-state index in [-0.39, 0.29) is 0 Å². The average molecular weight is 303 g/mol. The summed E-state index contributed by atoms with van der Waals surface area (Å²) in [7, 11) is -6.47. The van der Waals surface area contributed by atoms with E-state index >= 15 is 0 Å². The van der Waals surface area contributed by atoms with Gasteiger partial charge in [0.05, 0.1) is 0 Å². The molecule has 0 fully saturated rings. The van der Waals surface area contributed by atoms with E-state index in [1.807, 2.05) is 0 Å². The van der Waals surface area contributed by atoms with E-state index in [9.17, 15) is 39.2 Å². The Morgan fingerprint density at radius 3 is 1.94 bits per heavy atom. The highest BCUT2D eigenvalue weighted by Crippen LogP contribution is 2.42. The number of azide groups is 1. The van der Waals surface area contributed by atoms with Gasteiger partial charge in [0, 0.05) is 9.43 Å². The summed E-state index contributed by atoms with van der Waals surface area (Å²) in [5, 5.41) is -6.25. The van der Waals surface area contributed by atoms with Crippen molar-refractivity contribution < 1.29 is 43.9 Å². The average Bonchev–Trinajstić information content (AvgIpc) is 2.15. The van der Waals surface area contributed by atoms with Crippen LogP contribution in [0.25, 0.3) is 10.4 Å². The molecule has 14 heteroatoms. The molecule has 0 unspecified atom stereocenters. The molecule has 0 saturated carbocycles. The second kappa shape index (κ2) is 4.89. The van der Waals surface area contributed by atoms with Gasteiger partial charge in [-0.25, -0.2) is 8.42 Å². The maximum Gasteiger partial charge on any atom is 0.482 e. The lowest BCUT2D eigenvalue weighted by molar-refractivity contribution is -0.308. The summed E-state index contributed by atoms with van der Waals surface area (Å²) in [5.41, 5.74) is 7.56. The van der Waals surface area contributed by atoms with E-state index in [4.69, 9.17) is 5.53 Å². The third-order valence-corrected chi connectivity index (χ3v) is 2.35. The Morgan fingerprint density at radius 1 is 1.17 bits per heavy atom. The molecule has 0 aromatic heterocycles. The molecule has 0 heterocycles. The number of hydrogen-bond donors (Lipinski definition) is 0. The topological polar surface area (TPSA) is 92.1 Å². The summed E-state index contributed by atoms with van der Waals surface area (Å²) in [6, 6.07) is -3.41. The van der Waals surface area contributed by atoms with Gasteiger partial charge in [-0.15, -0.1) is 0 Å². The molecule has 0 aromatic rings. The molecule has 0 amide bonds. The van der Waals surface area contributed by atoms with Crippen LogP contribution in [-0.4, -0.2) is 19.8 Å². The van der Waals surface area contributed by atoms with Crippen molar-refractivity contribution in [2.45, 2.75) is 11.4 Å². The van der Waals surface area contributed by atoms with Crippen molar-refractivity contribution in [3.63, 3.8) is 0 Å². The first-order valence-electron chi connectivity index (χ1n) is 3.35. The summed E-state index contributed by atoms with van der Waals surface area (Å²) in [6.45, 7) is 0. The van der Waals surface area contributed by atoms with Gasteiger partial charge in [-0.1, -0.05) is 0 Å². The zero-order valence-electron chi connectivity index (χ0n) is 7.62. The van der Waals surface area contributed by atoms with Crippen molar-refractivity contribution in [2.75, 3.05) is 0 Å². The van der Waals surface area contributed by atoms with Crippen LogP contribution in [-0.2, 0) is 14.8 Å². The van der Waals surface area contributed by atoms with Gasteiger partial charge in [0.2, 0.25) is 0 Å². The van der Waals surface area contributed by atoms with Gasteiger partial charge in [-0.3, -0.25) is 0 Å². The Hall–Kier alpha value is -1.69. The van der Waals surface area contributed by atoms with E-state index in [2.05, 4.69) is 4.74 Å². The quantitative estimate of drug-likeness (QED) is 0.257. The van der Waals surface area contributed by atoms with E-state index in [1.165, 1.54) is 9.43 Å². The molecule has 0 bridgehead atoms. The summed E-state index contributed by atoms with van der Waals surface area (Å²) in [5.74, 6) is 0. The Labute approximate surface area is 93.3 Å². The highest BCUT2D eigenvalue weighted by Gasteiger charge is 2.69. The monoisotopic (exact) mass is 303 g/mol. The lowest BCUT2D eigenvalue weighted by atomic mass is 10.6. The molecule has 0 aliphatic heterocycles. The van der Waals surface area contributed by atoms with E-state index < -0.39 is 33.5 Å². The highest BCUT2D eigenvalue weighted by molar-refractivity contribution is 7.91. The van der Waals surface area contributed by atoms with Crippen LogP contribution in [0.15, 0.2) is 16.6 Å². The second-order valence-electron chi connectivity index (χ2n) is 2.32. The van der Waals surface area contributed by atoms with Crippen LogP contribution in [0.5, 0.6) is 0 Å². The summed E-state index contributed by atoms with van der Waals surface area (Å²) in [6.07, 6.45) is -9.74. The van der Waals surface area contributed by atoms with Crippen LogP contribution in [0.3, 0.4) is 0 Å². The first kappa shape index (κ1) is 16.3. The number of ether oxygens (including phenoxy) is 1. The van der Waals surface area contributed by atoms with Crippen LogP contribution in [0.1, 0.15) is 0 Å². The third kappa shape index (κ3) is 2.95. The van der Waals surface area contributed by atoms with Gasteiger partial charge in [0.1, 0.15) is 0 Å². The Bertz CT molecular complexity index is 504. The molecule has 0 radical (unpaired) electrons. The number of alkyl halides is 4. The summed E-state index contributed by atoms with van der Waals surface area (Å²) in [4.78, 5) is 1.32. The number of rotatable bonds is 5. The van der Waals surface area contributed by atoms with Gasteiger partial charge in [-0.2, -0.15) is 30.7 Å². The summed E-state index contributed by atoms with van der Waals surface area (Å²) >= 11 is 0. The molecule has 6 nitrogen and oxygen atoms in total.